The van der Waals surface area contributed by atoms with Crippen molar-refractivity contribution in [3.63, 3.8) is 0 Å². The summed E-state index contributed by atoms with van der Waals surface area (Å²) in [6.45, 7) is 12.8. The number of aromatic nitrogens is 1. The number of hydrogen-bond donors (Lipinski definition) is 1. The summed E-state index contributed by atoms with van der Waals surface area (Å²) in [5.41, 5.74) is 0.187. The second kappa shape index (κ2) is 5.39. The minimum Gasteiger partial charge on any atom is -0.487 e. The number of nitrogens with zero attached hydrogens (tertiary/aromatic N) is 1. The van der Waals surface area contributed by atoms with Crippen molar-refractivity contribution in [3.8, 4) is 5.75 Å². The van der Waals surface area contributed by atoms with Gasteiger partial charge in [0.2, 0.25) is 0 Å². The molecule has 1 aromatic rings. The Bertz CT molecular complexity index is 355. The van der Waals surface area contributed by atoms with Crippen molar-refractivity contribution in [1.82, 2.24) is 4.98 Å². The van der Waals surface area contributed by atoms with Crippen LogP contribution in [0.15, 0.2) is 18.3 Å². The van der Waals surface area contributed by atoms with Crippen molar-refractivity contribution in [2.45, 2.75) is 53.7 Å². The predicted molar refractivity (Wildman–Crippen MR) is 72.5 cm³/mol. The first-order chi connectivity index (χ1) is 7.80. The summed E-state index contributed by atoms with van der Waals surface area (Å²) in [5.74, 6) is 1.64. The lowest BCUT2D eigenvalue weighted by Crippen LogP contribution is -2.31. The van der Waals surface area contributed by atoms with Gasteiger partial charge in [0.1, 0.15) is 0 Å². The molecule has 0 aliphatic rings. The van der Waals surface area contributed by atoms with Gasteiger partial charge in [-0.25, -0.2) is 4.98 Å². The molecule has 0 radical (unpaired) electrons. The van der Waals surface area contributed by atoms with Crippen LogP contribution in [0.4, 0.5) is 5.82 Å². The molecule has 0 amide bonds. The molecule has 0 aromatic carbocycles. The highest BCUT2D eigenvalue weighted by atomic mass is 16.5. The van der Waals surface area contributed by atoms with Crippen molar-refractivity contribution in [2.24, 2.45) is 5.41 Å². The molecular weight excluding hydrogens is 212 g/mol. The third-order valence-corrected chi connectivity index (χ3v) is 2.79. The van der Waals surface area contributed by atoms with Crippen LogP contribution in [0.3, 0.4) is 0 Å². The van der Waals surface area contributed by atoms with E-state index in [0.29, 0.717) is 6.04 Å². The van der Waals surface area contributed by atoms with E-state index in [1.807, 2.05) is 26.0 Å². The standard InChI is InChI=1S/C14H24N2O/c1-10(2)17-12-8-7-9-15-13(12)16-11(3)14(4,5)6/h7-11H,1-6H3,(H,15,16). The van der Waals surface area contributed by atoms with Crippen LogP contribution in [0.25, 0.3) is 0 Å². The molecule has 1 heterocycles. The molecule has 1 unspecified atom stereocenters. The van der Waals surface area contributed by atoms with E-state index in [9.17, 15) is 0 Å². The zero-order valence-corrected chi connectivity index (χ0v) is 11.7. The summed E-state index contributed by atoms with van der Waals surface area (Å²) in [7, 11) is 0. The zero-order valence-electron chi connectivity index (χ0n) is 11.7. The normalized spacial score (nSPS) is 13.6. The molecule has 0 bridgehead atoms. The van der Waals surface area contributed by atoms with E-state index in [2.05, 4.69) is 38.0 Å². The monoisotopic (exact) mass is 236 g/mol. The van der Waals surface area contributed by atoms with E-state index in [0.717, 1.165) is 11.6 Å². The smallest absolute Gasteiger partial charge is 0.168 e. The molecule has 0 saturated heterocycles. The van der Waals surface area contributed by atoms with E-state index in [1.54, 1.807) is 6.20 Å². The fourth-order valence-corrected chi connectivity index (χ4v) is 1.27. The van der Waals surface area contributed by atoms with Crippen LogP contribution >= 0.6 is 0 Å². The van der Waals surface area contributed by atoms with Gasteiger partial charge in [-0.3, -0.25) is 0 Å². The molecule has 0 aliphatic heterocycles. The third-order valence-electron chi connectivity index (χ3n) is 2.79. The summed E-state index contributed by atoms with van der Waals surface area (Å²) in [6.07, 6.45) is 1.94. The molecule has 3 nitrogen and oxygen atoms in total. The molecule has 3 heteroatoms. The van der Waals surface area contributed by atoms with Crippen LogP contribution in [-0.2, 0) is 0 Å². The van der Waals surface area contributed by atoms with E-state index in [4.69, 9.17) is 4.74 Å². The Balaban J connectivity index is 2.83. The van der Waals surface area contributed by atoms with Crippen molar-refractivity contribution >= 4 is 5.82 Å². The maximum absolute atomic E-state index is 5.73. The molecule has 1 atom stereocenters. The number of anilines is 1. The second-order valence-electron chi connectivity index (χ2n) is 5.75. The van der Waals surface area contributed by atoms with E-state index in [1.165, 1.54) is 0 Å². The Kier molecular flexibility index (Phi) is 4.38. The van der Waals surface area contributed by atoms with Gasteiger partial charge in [-0.2, -0.15) is 0 Å². The maximum atomic E-state index is 5.73. The number of hydrogen-bond acceptors (Lipinski definition) is 3. The molecule has 17 heavy (non-hydrogen) atoms. The molecular formula is C14H24N2O. The van der Waals surface area contributed by atoms with E-state index >= 15 is 0 Å². The molecule has 1 rings (SSSR count). The van der Waals surface area contributed by atoms with Gasteiger partial charge in [0.25, 0.3) is 0 Å². The second-order valence-corrected chi connectivity index (χ2v) is 5.75. The number of pyridine rings is 1. The minimum absolute atomic E-state index is 0.157. The maximum Gasteiger partial charge on any atom is 0.168 e. The van der Waals surface area contributed by atoms with Crippen LogP contribution in [0, 0.1) is 5.41 Å². The Hall–Kier alpha value is -1.25. The summed E-state index contributed by atoms with van der Waals surface area (Å²) >= 11 is 0. The summed E-state index contributed by atoms with van der Waals surface area (Å²) in [4.78, 5) is 4.35. The molecule has 1 N–H and O–H groups in total. The van der Waals surface area contributed by atoms with Gasteiger partial charge in [0, 0.05) is 12.2 Å². The van der Waals surface area contributed by atoms with Crippen molar-refractivity contribution in [3.05, 3.63) is 18.3 Å². The lowest BCUT2D eigenvalue weighted by molar-refractivity contribution is 0.242. The lowest BCUT2D eigenvalue weighted by atomic mass is 9.88. The summed E-state index contributed by atoms with van der Waals surface area (Å²) < 4.78 is 5.73. The summed E-state index contributed by atoms with van der Waals surface area (Å²) in [6, 6.07) is 4.17. The Morgan fingerprint density at radius 1 is 1.24 bits per heavy atom. The Morgan fingerprint density at radius 3 is 2.41 bits per heavy atom. The first-order valence-electron chi connectivity index (χ1n) is 6.19. The highest BCUT2D eigenvalue weighted by molar-refractivity contribution is 5.50. The van der Waals surface area contributed by atoms with Crippen molar-refractivity contribution < 1.29 is 4.74 Å². The average Bonchev–Trinajstić information content (AvgIpc) is 2.18. The third kappa shape index (κ3) is 4.25. The van der Waals surface area contributed by atoms with Crippen molar-refractivity contribution in [1.29, 1.82) is 0 Å². The van der Waals surface area contributed by atoms with Crippen molar-refractivity contribution in [2.75, 3.05) is 5.32 Å². The van der Waals surface area contributed by atoms with Gasteiger partial charge in [-0.05, 0) is 38.3 Å². The molecule has 0 fully saturated rings. The fraction of sp³-hybridized carbons (Fsp3) is 0.643. The fourth-order valence-electron chi connectivity index (χ4n) is 1.27. The van der Waals surface area contributed by atoms with Gasteiger partial charge in [0.15, 0.2) is 11.6 Å². The Labute approximate surface area is 105 Å². The van der Waals surface area contributed by atoms with Gasteiger partial charge < -0.3 is 10.1 Å². The molecule has 0 spiro atoms. The van der Waals surface area contributed by atoms with Gasteiger partial charge in [-0.15, -0.1) is 0 Å². The largest absolute Gasteiger partial charge is 0.487 e. The minimum atomic E-state index is 0.157. The quantitative estimate of drug-likeness (QED) is 0.865. The zero-order chi connectivity index (χ0) is 13.1. The topological polar surface area (TPSA) is 34.1 Å². The highest BCUT2D eigenvalue weighted by Crippen LogP contribution is 2.27. The molecule has 0 saturated carbocycles. The van der Waals surface area contributed by atoms with Gasteiger partial charge in [0.05, 0.1) is 6.10 Å². The first kappa shape index (κ1) is 13.8. The van der Waals surface area contributed by atoms with Crippen LogP contribution in [0.1, 0.15) is 41.5 Å². The van der Waals surface area contributed by atoms with Crippen LogP contribution in [-0.4, -0.2) is 17.1 Å². The van der Waals surface area contributed by atoms with E-state index in [-0.39, 0.29) is 11.5 Å². The molecule has 96 valence electrons. The molecule has 1 aromatic heterocycles. The Morgan fingerprint density at radius 2 is 1.88 bits per heavy atom. The number of nitrogens with one attached hydrogen (secondary N) is 1. The van der Waals surface area contributed by atoms with E-state index < -0.39 is 0 Å². The SMILES string of the molecule is CC(C)Oc1cccnc1NC(C)C(C)(C)C. The number of ether oxygens (including phenoxy) is 1. The highest BCUT2D eigenvalue weighted by Gasteiger charge is 2.21. The molecule has 0 aliphatic carbocycles. The summed E-state index contributed by atoms with van der Waals surface area (Å²) in [5, 5.41) is 3.42. The van der Waals surface area contributed by atoms with Crippen LogP contribution in [0.5, 0.6) is 5.75 Å². The van der Waals surface area contributed by atoms with Gasteiger partial charge in [-0.1, -0.05) is 20.8 Å². The number of rotatable bonds is 4. The van der Waals surface area contributed by atoms with Crippen LogP contribution in [0.2, 0.25) is 0 Å². The lowest BCUT2D eigenvalue weighted by Gasteiger charge is -2.29. The predicted octanol–water partition coefficient (Wildman–Crippen LogP) is 3.72. The first-order valence-corrected chi connectivity index (χ1v) is 6.19. The average molecular weight is 236 g/mol. The van der Waals surface area contributed by atoms with Crippen LogP contribution < -0.4 is 10.1 Å². The van der Waals surface area contributed by atoms with Gasteiger partial charge >= 0.3 is 0 Å².